The van der Waals surface area contributed by atoms with Gasteiger partial charge in [-0.2, -0.15) is 0 Å². The highest BCUT2D eigenvalue weighted by atomic mass is 16.5. The normalized spacial score (nSPS) is 29.3. The number of amides is 2. The lowest BCUT2D eigenvalue weighted by atomic mass is 9.77. The summed E-state index contributed by atoms with van der Waals surface area (Å²) in [6, 6.07) is 15.5. The number of benzene rings is 2. The topological polar surface area (TPSA) is 80.8 Å². The second-order valence-corrected chi connectivity index (χ2v) is 8.88. The van der Waals surface area contributed by atoms with Crippen LogP contribution in [0.3, 0.4) is 0 Å². The predicted molar refractivity (Wildman–Crippen MR) is 109 cm³/mol. The Morgan fingerprint density at radius 3 is 1.97 bits per heavy atom. The van der Waals surface area contributed by atoms with Crippen molar-refractivity contribution in [3.63, 3.8) is 0 Å². The van der Waals surface area contributed by atoms with Gasteiger partial charge in [0, 0.05) is 17.2 Å². The monoisotopic (exact) mass is 415 g/mol. The quantitative estimate of drug-likeness (QED) is 0.556. The van der Waals surface area contributed by atoms with Crippen LogP contribution < -0.4 is 0 Å². The number of fused-ring (bicyclic) bond motifs is 3. The molecule has 2 aromatic rings. The summed E-state index contributed by atoms with van der Waals surface area (Å²) < 4.78 is 6.25. The first-order valence-electron chi connectivity index (χ1n) is 10.8. The lowest BCUT2D eigenvalue weighted by molar-refractivity contribution is -0.147. The Labute approximate surface area is 179 Å². The molecule has 2 saturated heterocycles. The standard InChI is InChI=1S/C25H21NO5/c27-21-16-12-6-7-13-17(16)22(28)25(21)19-18(20(31-25)14-8-2-1-3-9-14)23(29)26(24(19)30)15-10-4-5-11-15/h1-3,6-9,12-13,15,18-20H,4-5,10-11H2/t18-,19+,20-/m1/s1. The van der Waals surface area contributed by atoms with Crippen molar-refractivity contribution in [3.05, 3.63) is 71.3 Å². The van der Waals surface area contributed by atoms with Gasteiger partial charge in [0.05, 0.1) is 17.9 Å². The Bertz CT molecular complexity index is 1100. The van der Waals surface area contributed by atoms with E-state index in [1.54, 1.807) is 24.3 Å². The Balaban J connectivity index is 1.53. The maximum Gasteiger partial charge on any atom is 0.237 e. The van der Waals surface area contributed by atoms with Crippen LogP contribution in [0.25, 0.3) is 0 Å². The predicted octanol–water partition coefficient (Wildman–Crippen LogP) is 3.12. The van der Waals surface area contributed by atoms with Gasteiger partial charge in [0.15, 0.2) is 0 Å². The van der Waals surface area contributed by atoms with Crippen LogP contribution in [0, 0.1) is 11.8 Å². The van der Waals surface area contributed by atoms with Crippen LogP contribution in [0.4, 0.5) is 0 Å². The third-order valence-electron chi connectivity index (χ3n) is 7.37. The minimum atomic E-state index is -1.96. The fraction of sp³-hybridized carbons (Fsp3) is 0.360. The second-order valence-electron chi connectivity index (χ2n) is 8.88. The van der Waals surface area contributed by atoms with E-state index in [2.05, 4.69) is 0 Å². The number of carbonyl (C=O) groups excluding carboxylic acids is 4. The van der Waals surface area contributed by atoms with Gasteiger partial charge in [-0.25, -0.2) is 0 Å². The van der Waals surface area contributed by atoms with E-state index in [0.29, 0.717) is 5.56 Å². The van der Waals surface area contributed by atoms with Gasteiger partial charge in [0.2, 0.25) is 29.0 Å². The number of rotatable bonds is 2. The summed E-state index contributed by atoms with van der Waals surface area (Å²) in [5.74, 6) is -3.76. The molecule has 6 heteroatoms. The third kappa shape index (κ3) is 2.26. The van der Waals surface area contributed by atoms with Gasteiger partial charge >= 0.3 is 0 Å². The molecule has 6 nitrogen and oxygen atoms in total. The van der Waals surface area contributed by atoms with Crippen molar-refractivity contribution in [1.29, 1.82) is 0 Å². The summed E-state index contributed by atoms with van der Waals surface area (Å²) in [5, 5.41) is 0. The SMILES string of the molecule is O=C1[C@H]2[C@@H](c3ccccc3)OC3(C(=O)c4ccccc4C3=O)[C@@H]2C(=O)N1C1CCCC1. The molecule has 2 aliphatic heterocycles. The highest BCUT2D eigenvalue weighted by Gasteiger charge is 2.75. The van der Waals surface area contributed by atoms with Gasteiger partial charge in [-0.3, -0.25) is 24.1 Å². The molecule has 1 saturated carbocycles. The fourth-order valence-corrected chi connectivity index (χ4v) is 6.01. The number of Topliss-reactive ketones (excluding diaryl/α,β-unsaturated/α-hetero) is 2. The van der Waals surface area contributed by atoms with Crippen LogP contribution in [0.15, 0.2) is 54.6 Å². The number of carbonyl (C=O) groups is 4. The zero-order valence-electron chi connectivity index (χ0n) is 16.8. The van der Waals surface area contributed by atoms with E-state index >= 15 is 0 Å². The molecule has 0 unspecified atom stereocenters. The van der Waals surface area contributed by atoms with Crippen LogP contribution in [-0.2, 0) is 14.3 Å². The van der Waals surface area contributed by atoms with Crippen molar-refractivity contribution >= 4 is 23.4 Å². The molecule has 0 radical (unpaired) electrons. The molecule has 4 aliphatic rings. The first-order valence-corrected chi connectivity index (χ1v) is 10.8. The van der Waals surface area contributed by atoms with Crippen LogP contribution in [0.1, 0.15) is 58.1 Å². The van der Waals surface area contributed by atoms with Gasteiger partial charge in [-0.05, 0) is 18.4 Å². The highest BCUT2D eigenvalue weighted by Crippen LogP contribution is 2.57. The summed E-state index contributed by atoms with van der Waals surface area (Å²) in [7, 11) is 0. The van der Waals surface area contributed by atoms with Crippen LogP contribution >= 0.6 is 0 Å². The molecule has 2 amide bonds. The smallest absolute Gasteiger partial charge is 0.237 e. The van der Waals surface area contributed by atoms with Crippen LogP contribution in [-0.4, -0.2) is 39.9 Å². The maximum atomic E-state index is 13.7. The molecule has 0 N–H and O–H groups in total. The maximum absolute atomic E-state index is 13.7. The lowest BCUT2D eigenvalue weighted by Gasteiger charge is -2.29. The van der Waals surface area contributed by atoms with Gasteiger partial charge in [-0.15, -0.1) is 0 Å². The highest BCUT2D eigenvalue weighted by molar-refractivity contribution is 6.35. The zero-order valence-corrected chi connectivity index (χ0v) is 16.8. The molecule has 0 aromatic heterocycles. The number of ether oxygens (including phenoxy) is 1. The molecule has 156 valence electrons. The number of hydrogen-bond acceptors (Lipinski definition) is 5. The molecule has 2 heterocycles. The molecule has 6 rings (SSSR count). The number of ketones is 2. The first-order chi connectivity index (χ1) is 15.1. The summed E-state index contributed by atoms with van der Waals surface area (Å²) in [4.78, 5) is 55.8. The largest absolute Gasteiger partial charge is 0.349 e. The van der Waals surface area contributed by atoms with E-state index in [1.807, 2.05) is 30.3 Å². The van der Waals surface area contributed by atoms with E-state index in [1.165, 1.54) is 4.90 Å². The van der Waals surface area contributed by atoms with E-state index < -0.39 is 41.0 Å². The van der Waals surface area contributed by atoms with Crippen molar-refractivity contribution in [2.24, 2.45) is 11.8 Å². The van der Waals surface area contributed by atoms with E-state index in [4.69, 9.17) is 4.74 Å². The Morgan fingerprint density at radius 2 is 1.35 bits per heavy atom. The van der Waals surface area contributed by atoms with Gasteiger partial charge < -0.3 is 4.74 Å². The Hall–Kier alpha value is -3.12. The molecule has 0 bridgehead atoms. The van der Waals surface area contributed by atoms with E-state index in [9.17, 15) is 19.2 Å². The fourth-order valence-electron chi connectivity index (χ4n) is 6.01. The summed E-state index contributed by atoms with van der Waals surface area (Å²) in [6.07, 6.45) is 2.64. The Kier molecular flexibility index (Phi) is 3.87. The third-order valence-corrected chi connectivity index (χ3v) is 7.37. The van der Waals surface area contributed by atoms with E-state index in [0.717, 1.165) is 25.7 Å². The molecule has 2 aliphatic carbocycles. The molecular formula is C25H21NO5. The first kappa shape index (κ1) is 18.6. The number of nitrogens with zero attached hydrogens (tertiary/aromatic N) is 1. The summed E-state index contributed by atoms with van der Waals surface area (Å²) in [5.41, 5.74) is -0.742. The Morgan fingerprint density at radius 1 is 0.774 bits per heavy atom. The molecule has 31 heavy (non-hydrogen) atoms. The van der Waals surface area contributed by atoms with Gasteiger partial charge in [-0.1, -0.05) is 67.4 Å². The molecule has 1 spiro atoms. The molecule has 3 atom stereocenters. The summed E-state index contributed by atoms with van der Waals surface area (Å²) >= 11 is 0. The average Bonchev–Trinajstić information content (AvgIpc) is 3.54. The summed E-state index contributed by atoms with van der Waals surface area (Å²) in [6.45, 7) is 0. The second kappa shape index (κ2) is 6.44. The van der Waals surface area contributed by atoms with Crippen molar-refractivity contribution in [3.8, 4) is 0 Å². The number of imide groups is 1. The average molecular weight is 415 g/mol. The van der Waals surface area contributed by atoms with Crippen LogP contribution in [0.5, 0.6) is 0 Å². The van der Waals surface area contributed by atoms with Gasteiger partial charge in [0.25, 0.3) is 0 Å². The lowest BCUT2D eigenvalue weighted by Crippen LogP contribution is -2.51. The van der Waals surface area contributed by atoms with Crippen molar-refractivity contribution in [1.82, 2.24) is 4.90 Å². The van der Waals surface area contributed by atoms with Crippen molar-refractivity contribution in [2.45, 2.75) is 43.4 Å². The number of hydrogen-bond donors (Lipinski definition) is 0. The molecular weight excluding hydrogens is 394 g/mol. The molecule has 2 aromatic carbocycles. The zero-order chi connectivity index (χ0) is 21.3. The number of likely N-dealkylation sites (tertiary alicyclic amines) is 1. The van der Waals surface area contributed by atoms with E-state index in [-0.39, 0.29) is 23.1 Å². The minimum Gasteiger partial charge on any atom is -0.349 e. The minimum absolute atomic E-state index is 0.159. The van der Waals surface area contributed by atoms with Crippen LogP contribution in [0.2, 0.25) is 0 Å². The van der Waals surface area contributed by atoms with Crippen molar-refractivity contribution < 1.29 is 23.9 Å². The van der Waals surface area contributed by atoms with Gasteiger partial charge in [0.1, 0.15) is 0 Å². The van der Waals surface area contributed by atoms with Crippen molar-refractivity contribution in [2.75, 3.05) is 0 Å². The molecule has 3 fully saturated rings.